The van der Waals surface area contributed by atoms with Crippen molar-refractivity contribution in [2.24, 2.45) is 0 Å². The van der Waals surface area contributed by atoms with Crippen LogP contribution in [0, 0.1) is 0 Å². The molecular formula is C8H17ClSn. The van der Waals surface area contributed by atoms with Crippen LogP contribution in [0.3, 0.4) is 0 Å². The third kappa shape index (κ3) is 4.61. The van der Waals surface area contributed by atoms with Crippen LogP contribution in [-0.2, 0) is 0 Å². The van der Waals surface area contributed by atoms with Gasteiger partial charge in [0, 0.05) is 0 Å². The van der Waals surface area contributed by atoms with Crippen LogP contribution in [0.15, 0.2) is 10.2 Å². The van der Waals surface area contributed by atoms with Gasteiger partial charge < -0.3 is 0 Å². The molecule has 0 N–H and O–H groups in total. The Morgan fingerprint density at radius 1 is 1.40 bits per heavy atom. The van der Waals surface area contributed by atoms with E-state index < -0.39 is 18.4 Å². The maximum absolute atomic E-state index is 5.58. The molecule has 0 aliphatic rings. The molecule has 2 heteroatoms. The molecule has 0 fully saturated rings. The van der Waals surface area contributed by atoms with Crippen molar-refractivity contribution in [3.05, 3.63) is 10.2 Å². The van der Waals surface area contributed by atoms with E-state index in [0.29, 0.717) is 0 Å². The molecule has 0 heterocycles. The molecule has 0 saturated heterocycles. The fourth-order valence-electron chi connectivity index (χ4n) is 0.655. The summed E-state index contributed by atoms with van der Waals surface area (Å²) in [5, 5.41) is 0. The van der Waals surface area contributed by atoms with Crippen LogP contribution in [0.2, 0.25) is 14.8 Å². The first-order valence-corrected chi connectivity index (χ1v) is 14.2. The van der Waals surface area contributed by atoms with Gasteiger partial charge in [-0.05, 0) is 0 Å². The molecule has 0 spiro atoms. The molecule has 0 nitrogen and oxygen atoms in total. The summed E-state index contributed by atoms with van der Waals surface area (Å²) in [5.74, 6) is 0.779. The molecule has 0 aromatic heterocycles. The van der Waals surface area contributed by atoms with Crippen LogP contribution < -0.4 is 0 Å². The average molecular weight is 267 g/mol. The third-order valence-corrected chi connectivity index (χ3v) is 8.71. The Morgan fingerprint density at radius 3 is 2.20 bits per heavy atom. The van der Waals surface area contributed by atoms with E-state index in [9.17, 15) is 0 Å². The Bertz CT molecular complexity index is 113. The topological polar surface area (TPSA) is 0 Å². The van der Waals surface area contributed by atoms with Gasteiger partial charge in [0.2, 0.25) is 0 Å². The van der Waals surface area contributed by atoms with Gasteiger partial charge in [-0.2, -0.15) is 0 Å². The summed E-state index contributed by atoms with van der Waals surface area (Å²) in [5.41, 5.74) is 0. The molecule has 0 unspecified atom stereocenters. The Labute approximate surface area is 73.5 Å². The van der Waals surface area contributed by atoms with E-state index in [0.717, 1.165) is 18.7 Å². The molecule has 0 rings (SSSR count). The summed E-state index contributed by atoms with van der Waals surface area (Å²) in [6, 6.07) is 0. The van der Waals surface area contributed by atoms with Crippen molar-refractivity contribution in [1.82, 2.24) is 0 Å². The van der Waals surface area contributed by atoms with Crippen molar-refractivity contribution in [2.45, 2.75) is 27.7 Å². The monoisotopic (exact) mass is 268 g/mol. The molecule has 0 aromatic carbocycles. The van der Waals surface area contributed by atoms with Crippen molar-refractivity contribution >= 4 is 30.0 Å². The predicted octanol–water partition coefficient (Wildman–Crippen LogP) is 3.44. The first-order valence-electron chi connectivity index (χ1n) is 3.72. The van der Waals surface area contributed by atoms with Crippen molar-refractivity contribution in [3.8, 4) is 0 Å². The minimum absolute atomic E-state index is 0.779. The summed E-state index contributed by atoms with van der Waals surface area (Å²) < 4.78 is 1.51. The average Bonchev–Trinajstić information content (AvgIpc) is 1.80. The molecule has 0 bridgehead atoms. The van der Waals surface area contributed by atoms with E-state index in [-0.39, 0.29) is 0 Å². The zero-order valence-electron chi connectivity index (χ0n) is 7.21. The number of hydrogen-bond donors (Lipinski definition) is 0. The molecule has 0 aliphatic carbocycles. The summed E-state index contributed by atoms with van der Waals surface area (Å²) in [7, 11) is 0. The number of rotatable bonds is 4. The van der Waals surface area contributed by atoms with Crippen LogP contribution >= 0.6 is 11.6 Å². The molecule has 0 saturated carbocycles. The van der Waals surface area contributed by atoms with E-state index in [1.54, 1.807) is 0 Å². The van der Waals surface area contributed by atoms with Crippen LogP contribution in [0.1, 0.15) is 12.8 Å². The van der Waals surface area contributed by atoms with Crippen molar-refractivity contribution in [2.75, 3.05) is 5.88 Å². The maximum atomic E-state index is 5.58. The molecule has 10 heavy (non-hydrogen) atoms. The van der Waals surface area contributed by atoms with Crippen LogP contribution in [-0.4, -0.2) is 24.3 Å². The molecule has 60 valence electrons. The first-order chi connectivity index (χ1) is 4.48. The molecule has 0 aromatic rings. The second-order valence-corrected chi connectivity index (χ2v) is 18.9. The van der Waals surface area contributed by atoms with Gasteiger partial charge in [0.05, 0.1) is 0 Å². The van der Waals surface area contributed by atoms with Gasteiger partial charge in [-0.3, -0.25) is 0 Å². The van der Waals surface area contributed by atoms with Gasteiger partial charge in [0.25, 0.3) is 0 Å². The van der Waals surface area contributed by atoms with Crippen LogP contribution in [0.4, 0.5) is 0 Å². The Kier molecular flexibility index (Phi) is 5.04. The summed E-state index contributed by atoms with van der Waals surface area (Å²) in [6.45, 7) is 4.10. The Balaban J connectivity index is 3.64. The van der Waals surface area contributed by atoms with Crippen molar-refractivity contribution in [3.63, 3.8) is 0 Å². The van der Waals surface area contributed by atoms with Gasteiger partial charge in [-0.1, -0.05) is 0 Å². The second kappa shape index (κ2) is 4.66. The van der Waals surface area contributed by atoms with Gasteiger partial charge in [0.15, 0.2) is 0 Å². The molecule has 0 aliphatic heterocycles. The number of halogens is 1. The van der Waals surface area contributed by atoms with E-state index in [1.165, 1.54) is 3.59 Å². The van der Waals surface area contributed by atoms with Gasteiger partial charge >= 0.3 is 73.7 Å². The minimum atomic E-state index is -1.72. The molecule has 0 atom stereocenters. The number of hydrogen-bond acceptors (Lipinski definition) is 0. The van der Waals surface area contributed by atoms with E-state index in [2.05, 4.69) is 21.4 Å². The van der Waals surface area contributed by atoms with E-state index in [4.69, 9.17) is 11.6 Å². The van der Waals surface area contributed by atoms with Gasteiger partial charge in [-0.25, -0.2) is 0 Å². The quantitative estimate of drug-likeness (QED) is 0.541. The number of alkyl halides is 1. The summed E-state index contributed by atoms with van der Waals surface area (Å²) >= 11 is 3.86. The standard InChI is InChI=1S/C5H8Cl.3CH3.Sn/c1-2-3-4-5-6;;;;/h1,3-5H2;3*1H3;. The van der Waals surface area contributed by atoms with Crippen LogP contribution in [0.5, 0.6) is 0 Å². The van der Waals surface area contributed by atoms with Crippen LogP contribution in [0.25, 0.3) is 0 Å². The van der Waals surface area contributed by atoms with E-state index >= 15 is 0 Å². The summed E-state index contributed by atoms with van der Waals surface area (Å²) in [4.78, 5) is 7.18. The van der Waals surface area contributed by atoms with E-state index in [1.807, 2.05) is 0 Å². The zero-order valence-corrected chi connectivity index (χ0v) is 10.8. The third-order valence-electron chi connectivity index (χ3n) is 1.67. The SMILES string of the molecule is C=[C](CCCCl)[Sn]([CH3])([CH3])[CH3]. The van der Waals surface area contributed by atoms with Gasteiger partial charge in [-0.15, -0.1) is 0 Å². The molecule has 0 amide bonds. The fourth-order valence-corrected chi connectivity index (χ4v) is 3.43. The first kappa shape index (κ1) is 10.8. The predicted molar refractivity (Wildman–Crippen MR) is 52.4 cm³/mol. The Morgan fingerprint density at radius 2 is 1.90 bits per heavy atom. The number of allylic oxidation sites excluding steroid dienone is 1. The van der Waals surface area contributed by atoms with Gasteiger partial charge in [0.1, 0.15) is 0 Å². The molecular weight excluding hydrogens is 250 g/mol. The fraction of sp³-hybridized carbons (Fsp3) is 0.750. The summed E-state index contributed by atoms with van der Waals surface area (Å²) in [6.07, 6.45) is 2.26. The Hall–Kier alpha value is 0.829. The van der Waals surface area contributed by atoms with Crippen molar-refractivity contribution < 1.29 is 0 Å². The second-order valence-electron chi connectivity index (χ2n) is 3.65. The van der Waals surface area contributed by atoms with Crippen molar-refractivity contribution in [1.29, 1.82) is 0 Å². The zero-order chi connectivity index (χ0) is 8.20. The normalized spacial score (nSPS) is 11.6. The molecule has 0 radical (unpaired) electrons.